The number of alkyl halides is 3. The van der Waals surface area contributed by atoms with Crippen molar-refractivity contribution in [3.05, 3.63) is 77.8 Å². The molecule has 4 rings (SSSR count). The van der Waals surface area contributed by atoms with Gasteiger partial charge in [-0.25, -0.2) is 0 Å². The van der Waals surface area contributed by atoms with E-state index in [1.165, 1.54) is 12.1 Å². The number of hydrogen-bond acceptors (Lipinski definition) is 1. The number of nitrogens with one attached hydrogen (secondary N) is 1. The Kier molecular flexibility index (Phi) is 3.98. The molecular weight excluding hydrogens is 341 g/mol. The Hall–Kier alpha value is -2.76. The maximum atomic E-state index is 12.7. The van der Waals surface area contributed by atoms with E-state index in [4.69, 9.17) is 0 Å². The first kappa shape index (κ1) is 16.7. The minimum Gasteiger partial charge on any atom is -0.349 e. The van der Waals surface area contributed by atoms with Crippen molar-refractivity contribution in [3.63, 3.8) is 0 Å². The number of aromatic nitrogens is 1. The fourth-order valence-electron chi connectivity index (χ4n) is 3.00. The highest BCUT2D eigenvalue weighted by Crippen LogP contribution is 2.29. The molecule has 1 saturated carbocycles. The second kappa shape index (κ2) is 6.20. The van der Waals surface area contributed by atoms with E-state index in [0.717, 1.165) is 35.0 Å². The van der Waals surface area contributed by atoms with Gasteiger partial charge in [-0.3, -0.25) is 4.79 Å². The van der Waals surface area contributed by atoms with Gasteiger partial charge in [-0.1, -0.05) is 24.3 Å². The first-order valence-electron chi connectivity index (χ1n) is 8.30. The Morgan fingerprint density at radius 2 is 1.85 bits per heavy atom. The number of nitrogens with zero attached hydrogens (tertiary/aromatic N) is 1. The zero-order valence-electron chi connectivity index (χ0n) is 13.8. The standard InChI is InChI=1S/C20H16F3N2O/c21-20(22,23)15-6-4-13(5-7-15)12-25-11-10-14-2-1-3-17(18(14)25)19(26)24-16-8-9-16/h1-8,10-11,16H,9,12H2,(H,24,26). The lowest BCUT2D eigenvalue weighted by Gasteiger charge is -2.11. The molecule has 0 bridgehead atoms. The van der Waals surface area contributed by atoms with Gasteiger partial charge >= 0.3 is 6.18 Å². The number of hydrogen-bond donors (Lipinski definition) is 1. The Balaban J connectivity index is 1.65. The molecule has 1 radical (unpaired) electrons. The van der Waals surface area contributed by atoms with Crippen LogP contribution in [0.3, 0.4) is 0 Å². The third-order valence-electron chi connectivity index (χ3n) is 4.46. The second-order valence-electron chi connectivity index (χ2n) is 6.43. The van der Waals surface area contributed by atoms with Crippen molar-refractivity contribution >= 4 is 16.8 Å². The van der Waals surface area contributed by atoms with Gasteiger partial charge in [0.2, 0.25) is 0 Å². The number of amides is 1. The summed E-state index contributed by atoms with van der Waals surface area (Å²) in [5, 5.41) is 3.86. The van der Waals surface area contributed by atoms with Crippen LogP contribution in [0, 0.1) is 6.42 Å². The van der Waals surface area contributed by atoms with Gasteiger partial charge in [-0.05, 0) is 42.7 Å². The van der Waals surface area contributed by atoms with Crippen molar-refractivity contribution in [2.24, 2.45) is 0 Å². The number of benzene rings is 2. The largest absolute Gasteiger partial charge is 0.416 e. The summed E-state index contributed by atoms with van der Waals surface area (Å²) in [6, 6.07) is 12.6. The molecule has 1 heterocycles. The van der Waals surface area contributed by atoms with Crippen LogP contribution in [0.25, 0.3) is 10.9 Å². The van der Waals surface area contributed by atoms with Crippen molar-refractivity contribution in [2.45, 2.75) is 25.2 Å². The lowest BCUT2D eigenvalue weighted by Crippen LogP contribution is -2.26. The predicted octanol–water partition coefficient (Wildman–Crippen LogP) is 4.41. The number of halogens is 3. The van der Waals surface area contributed by atoms with Crippen molar-refractivity contribution in [2.75, 3.05) is 0 Å². The van der Waals surface area contributed by atoms with Gasteiger partial charge in [0.1, 0.15) is 0 Å². The molecule has 6 heteroatoms. The Morgan fingerprint density at radius 3 is 2.50 bits per heavy atom. The van der Waals surface area contributed by atoms with Crippen LogP contribution in [-0.2, 0) is 12.7 Å². The smallest absolute Gasteiger partial charge is 0.349 e. The van der Waals surface area contributed by atoms with Gasteiger partial charge in [0.15, 0.2) is 0 Å². The lowest BCUT2D eigenvalue weighted by atomic mass is 10.1. The van der Waals surface area contributed by atoms with Crippen LogP contribution in [-0.4, -0.2) is 16.5 Å². The van der Waals surface area contributed by atoms with Crippen LogP contribution in [0.2, 0.25) is 0 Å². The van der Waals surface area contributed by atoms with Gasteiger partial charge in [-0.2, -0.15) is 13.2 Å². The summed E-state index contributed by atoms with van der Waals surface area (Å²) in [5.74, 6) is -0.137. The molecule has 2 aromatic carbocycles. The fourth-order valence-corrected chi connectivity index (χ4v) is 3.00. The highest BCUT2D eigenvalue weighted by Gasteiger charge is 2.30. The van der Waals surface area contributed by atoms with Crippen LogP contribution >= 0.6 is 0 Å². The number of rotatable bonds is 4. The monoisotopic (exact) mass is 357 g/mol. The van der Waals surface area contributed by atoms with Crippen molar-refractivity contribution < 1.29 is 18.0 Å². The first-order chi connectivity index (χ1) is 12.4. The van der Waals surface area contributed by atoms with Crippen LogP contribution < -0.4 is 5.32 Å². The van der Waals surface area contributed by atoms with E-state index in [-0.39, 0.29) is 11.9 Å². The number of carbonyl (C=O) groups is 1. The molecule has 1 N–H and O–H groups in total. The van der Waals surface area contributed by atoms with Crippen molar-refractivity contribution in [1.29, 1.82) is 0 Å². The normalized spacial score (nSPS) is 14.6. The molecule has 1 fully saturated rings. The van der Waals surface area contributed by atoms with Crippen LogP contribution in [0.1, 0.15) is 27.9 Å². The van der Waals surface area contributed by atoms with Crippen molar-refractivity contribution in [3.8, 4) is 0 Å². The van der Waals surface area contributed by atoms with E-state index < -0.39 is 11.7 Å². The zero-order chi connectivity index (χ0) is 18.3. The molecule has 3 nitrogen and oxygen atoms in total. The Labute approximate surface area is 148 Å². The van der Waals surface area contributed by atoms with Crippen LogP contribution in [0.4, 0.5) is 13.2 Å². The molecular formula is C20H16F3N2O. The summed E-state index contributed by atoms with van der Waals surface area (Å²) in [4.78, 5) is 12.5. The average Bonchev–Trinajstić information content (AvgIpc) is 3.33. The molecule has 1 amide bonds. The minimum absolute atomic E-state index is 0.135. The minimum atomic E-state index is -4.34. The SMILES string of the molecule is O=C(NC1[CH]C1)c1cccc2ccn(Cc3ccc(C(F)(F)F)cc3)c12. The molecule has 1 aromatic heterocycles. The van der Waals surface area contributed by atoms with Gasteiger partial charge in [0.05, 0.1) is 16.6 Å². The summed E-state index contributed by atoms with van der Waals surface area (Å²) in [5.41, 5.74) is 1.42. The van der Waals surface area contributed by atoms with E-state index in [9.17, 15) is 18.0 Å². The summed E-state index contributed by atoms with van der Waals surface area (Å²) < 4.78 is 40.0. The average molecular weight is 357 g/mol. The van der Waals surface area contributed by atoms with Gasteiger partial charge in [-0.15, -0.1) is 0 Å². The Morgan fingerprint density at radius 1 is 1.12 bits per heavy atom. The van der Waals surface area contributed by atoms with Gasteiger partial charge in [0.25, 0.3) is 5.91 Å². The van der Waals surface area contributed by atoms with E-state index in [1.807, 2.05) is 35.4 Å². The fraction of sp³-hybridized carbons (Fsp3) is 0.200. The quantitative estimate of drug-likeness (QED) is 0.737. The summed E-state index contributed by atoms with van der Waals surface area (Å²) in [6.45, 7) is 0.390. The Bertz CT molecular complexity index is 953. The predicted molar refractivity (Wildman–Crippen MR) is 92.7 cm³/mol. The van der Waals surface area contributed by atoms with Crippen LogP contribution in [0.15, 0.2) is 54.7 Å². The summed E-state index contributed by atoms with van der Waals surface area (Å²) >= 11 is 0. The molecule has 1 unspecified atom stereocenters. The molecule has 3 aromatic rings. The number of fused-ring (bicyclic) bond motifs is 1. The van der Waals surface area contributed by atoms with Crippen LogP contribution in [0.5, 0.6) is 0 Å². The second-order valence-corrected chi connectivity index (χ2v) is 6.43. The van der Waals surface area contributed by atoms with E-state index >= 15 is 0 Å². The summed E-state index contributed by atoms with van der Waals surface area (Å²) in [7, 11) is 0. The maximum absolute atomic E-state index is 12.7. The topological polar surface area (TPSA) is 34.0 Å². The van der Waals surface area contributed by atoms with Gasteiger partial charge < -0.3 is 9.88 Å². The molecule has 0 saturated heterocycles. The molecule has 1 aliphatic rings. The summed E-state index contributed by atoms with van der Waals surface area (Å²) in [6.07, 6.45) is 0.402. The number of carbonyl (C=O) groups excluding carboxylic acids is 1. The highest BCUT2D eigenvalue weighted by molar-refractivity contribution is 6.06. The third-order valence-corrected chi connectivity index (χ3v) is 4.46. The molecule has 1 aliphatic carbocycles. The molecule has 0 aliphatic heterocycles. The molecule has 1 atom stereocenters. The molecule has 133 valence electrons. The first-order valence-corrected chi connectivity index (χ1v) is 8.30. The van der Waals surface area contributed by atoms with E-state index in [1.54, 1.807) is 6.07 Å². The highest BCUT2D eigenvalue weighted by atomic mass is 19.4. The van der Waals surface area contributed by atoms with Crippen molar-refractivity contribution in [1.82, 2.24) is 9.88 Å². The molecule has 26 heavy (non-hydrogen) atoms. The lowest BCUT2D eigenvalue weighted by molar-refractivity contribution is -0.137. The number of para-hydroxylation sites is 1. The zero-order valence-corrected chi connectivity index (χ0v) is 13.8. The molecule has 0 spiro atoms. The van der Waals surface area contributed by atoms with Gasteiger partial charge in [0, 0.05) is 24.2 Å². The maximum Gasteiger partial charge on any atom is 0.416 e. The van der Waals surface area contributed by atoms with E-state index in [2.05, 4.69) is 5.32 Å². The van der Waals surface area contributed by atoms with E-state index in [0.29, 0.717) is 12.1 Å². The third kappa shape index (κ3) is 3.31.